The number of aliphatic hydroxyl groups excluding tert-OH is 16. The summed E-state index contributed by atoms with van der Waals surface area (Å²) in [6.07, 6.45) is -18.4. The second-order valence-electron chi connectivity index (χ2n) is 29.4. The van der Waals surface area contributed by atoms with Crippen molar-refractivity contribution in [3.05, 3.63) is 0 Å². The maximum Gasteiger partial charge on any atom is 0.242 e. The molecule has 0 aromatic heterocycles. The number of nitrogens with one attached hydrogen (secondary N) is 8. The predicted octanol–water partition coefficient (Wildman–Crippen LogP) is -6.38. The minimum atomic E-state index is -1.62. The Morgan fingerprint density at radius 2 is 0.500 bits per heavy atom. The third-order valence-electron chi connectivity index (χ3n) is 20.1. The zero-order valence-corrected chi connectivity index (χ0v) is 65.7. The largest absolute Gasteiger partial charge is 0.394 e. The Morgan fingerprint density at radius 3 is 0.772 bits per heavy atom. The molecule has 4 rings (SSSR count). The number of amides is 8. The van der Waals surface area contributed by atoms with Crippen LogP contribution in [-0.2, 0) is 76.3 Å². The van der Waals surface area contributed by atoms with Crippen molar-refractivity contribution in [1.82, 2.24) is 42.5 Å². The van der Waals surface area contributed by atoms with Gasteiger partial charge in [0.05, 0.1) is 26.4 Å². The van der Waals surface area contributed by atoms with Crippen LogP contribution in [0.2, 0.25) is 0 Å². The van der Waals surface area contributed by atoms with E-state index in [0.29, 0.717) is 109 Å². The minimum Gasteiger partial charge on any atom is -0.394 e. The van der Waals surface area contributed by atoms with Crippen LogP contribution in [0.1, 0.15) is 193 Å². The van der Waals surface area contributed by atoms with E-state index in [9.17, 15) is 120 Å². The average molecular weight is 1650 g/mol. The molecule has 23 atom stereocenters. The topological polar surface area (TPSA) is 630 Å². The van der Waals surface area contributed by atoms with Crippen molar-refractivity contribution >= 4 is 47.3 Å². The van der Waals surface area contributed by atoms with E-state index < -0.39 is 222 Å². The molecule has 24 N–H and O–H groups in total. The summed E-state index contributed by atoms with van der Waals surface area (Å²) in [4.78, 5) is 109. The minimum absolute atomic E-state index is 0.0387. The molecule has 0 aliphatic carbocycles. The van der Waals surface area contributed by atoms with E-state index in [2.05, 4.69) is 49.5 Å². The Morgan fingerprint density at radius 1 is 0.272 bits per heavy atom. The van der Waals surface area contributed by atoms with Crippen LogP contribution >= 0.6 is 0 Å². The van der Waals surface area contributed by atoms with Crippen molar-refractivity contribution in [2.45, 2.75) is 334 Å². The molecule has 0 saturated carbocycles. The maximum absolute atomic E-state index is 14.1. The molecule has 4 heterocycles. The first-order valence-electron chi connectivity index (χ1n) is 40.6. The predicted molar refractivity (Wildman–Crippen MR) is 399 cm³/mol. The Labute approximate surface area is 665 Å². The maximum atomic E-state index is 14.1. The van der Waals surface area contributed by atoms with Gasteiger partial charge in [0.25, 0.3) is 0 Å². The molecule has 40 heteroatoms. The lowest BCUT2D eigenvalue weighted by molar-refractivity contribution is -0.301. The highest BCUT2D eigenvalue weighted by molar-refractivity contribution is 5.91. The summed E-state index contributed by atoms with van der Waals surface area (Å²) in [5, 5.41) is 182. The highest BCUT2D eigenvalue weighted by Crippen LogP contribution is 2.27. The molecule has 3 unspecified atom stereocenters. The van der Waals surface area contributed by atoms with Gasteiger partial charge in [0.1, 0.15) is 116 Å². The molecule has 4 fully saturated rings. The molecular formula is C74H134N8O32. The first kappa shape index (κ1) is 101. The van der Waals surface area contributed by atoms with Crippen molar-refractivity contribution < 1.29 is 158 Å². The van der Waals surface area contributed by atoms with Crippen LogP contribution in [0.4, 0.5) is 0 Å². The standard InChI is InChI=1S/C74H134N8O32/c1-2-3-4-13-31-75-51(87)23-22-24-53(89)80-45(69(105)78-34-16-7-11-20-38-109-73-66(102)62(98)58(94)49(42-85)113-73)26-29-55(91)82-46(70(106)79-35-17-8-12-21-39-110-74-67(103)63(99)59(95)50(43-86)114-74)27-30-54(90)81-44(68(104)77-33-15-6-10-19-37-108-72-65(101)61(97)57(93)48(41-84)112-72)25-28-52(88)76-32-14-5-9-18-36-107-71-64(100)60(96)56(92)47(40-83)111-71/h44-50,56-67,71-74,83-86,92-103H,2-43H2,1H3,(H,75,87)(H,76,88)(H,77,104)(H,78,105)(H,79,106)(H,80,89)(H,81,90)(H,82,91)/t44?,45?,46?,47-,48-,49-,50-,56-,57-,58-,59-,60+,61+,62+,63+,64+,65+,66+,67+,71+,72+,73+,74+/m1/s1. The van der Waals surface area contributed by atoms with Crippen LogP contribution in [0.15, 0.2) is 0 Å². The summed E-state index contributed by atoms with van der Waals surface area (Å²) in [5.41, 5.74) is 0. The second-order valence-corrected chi connectivity index (χ2v) is 29.4. The van der Waals surface area contributed by atoms with Crippen LogP contribution in [-0.4, -0.2) is 355 Å². The number of hydrogen-bond donors (Lipinski definition) is 24. The van der Waals surface area contributed by atoms with E-state index >= 15 is 0 Å². The van der Waals surface area contributed by atoms with Crippen molar-refractivity contribution in [3.63, 3.8) is 0 Å². The fraction of sp³-hybridized carbons (Fsp3) is 0.892. The van der Waals surface area contributed by atoms with Gasteiger partial charge in [-0.05, 0) is 83.5 Å². The number of aliphatic hydroxyl groups is 16. The van der Waals surface area contributed by atoms with Crippen LogP contribution < -0.4 is 42.5 Å². The summed E-state index contributed by atoms with van der Waals surface area (Å²) in [6, 6.07) is -3.96. The number of unbranched alkanes of at least 4 members (excludes halogenated alkanes) is 15. The summed E-state index contributed by atoms with van der Waals surface area (Å²) in [7, 11) is 0. The average Bonchev–Trinajstić information content (AvgIpc) is 0.837. The van der Waals surface area contributed by atoms with Gasteiger partial charge in [-0.15, -0.1) is 0 Å². The Kier molecular flexibility index (Phi) is 51.3. The molecule has 4 aliphatic heterocycles. The van der Waals surface area contributed by atoms with E-state index in [0.717, 1.165) is 25.7 Å². The smallest absolute Gasteiger partial charge is 0.242 e. The molecule has 0 bridgehead atoms. The number of carbonyl (C=O) groups is 8. The van der Waals surface area contributed by atoms with Gasteiger partial charge in [0.15, 0.2) is 25.2 Å². The third-order valence-corrected chi connectivity index (χ3v) is 20.1. The first-order chi connectivity index (χ1) is 54.7. The number of carbonyl (C=O) groups excluding carboxylic acids is 8. The Bertz CT molecular complexity index is 2700. The molecule has 0 spiro atoms. The molecular weight excluding hydrogens is 1510 g/mol. The summed E-state index contributed by atoms with van der Waals surface area (Å²) in [6.45, 7) is 1.00. The number of hydrogen-bond acceptors (Lipinski definition) is 32. The molecule has 40 nitrogen and oxygen atoms in total. The zero-order chi connectivity index (χ0) is 83.9. The molecule has 114 heavy (non-hydrogen) atoms. The van der Waals surface area contributed by atoms with E-state index in [1.165, 1.54) is 0 Å². The lowest BCUT2D eigenvalue weighted by atomic mass is 9.99. The fourth-order valence-electron chi connectivity index (χ4n) is 13.0. The fourth-order valence-corrected chi connectivity index (χ4v) is 13.0. The van der Waals surface area contributed by atoms with Crippen LogP contribution in [0.25, 0.3) is 0 Å². The highest BCUT2D eigenvalue weighted by Gasteiger charge is 2.48. The van der Waals surface area contributed by atoms with Gasteiger partial charge in [0.2, 0.25) is 47.3 Å². The molecule has 8 amide bonds. The summed E-state index contributed by atoms with van der Waals surface area (Å²) >= 11 is 0. The Balaban J connectivity index is 1.41. The number of ether oxygens (including phenoxy) is 8. The lowest BCUT2D eigenvalue weighted by Crippen LogP contribution is -2.59. The van der Waals surface area contributed by atoms with Crippen LogP contribution in [0.3, 0.4) is 0 Å². The van der Waals surface area contributed by atoms with Gasteiger partial charge in [-0.3, -0.25) is 38.4 Å². The molecule has 0 radical (unpaired) electrons. The lowest BCUT2D eigenvalue weighted by Gasteiger charge is -2.39. The van der Waals surface area contributed by atoms with Gasteiger partial charge < -0.3 is 162 Å². The molecule has 0 aromatic rings. The normalized spacial score (nSPS) is 28.5. The van der Waals surface area contributed by atoms with Crippen LogP contribution in [0, 0.1) is 0 Å². The van der Waals surface area contributed by atoms with Crippen molar-refractivity contribution in [2.75, 3.05) is 85.6 Å². The van der Waals surface area contributed by atoms with Gasteiger partial charge in [-0.1, -0.05) is 77.6 Å². The molecule has 0 aromatic carbocycles. The monoisotopic (exact) mass is 1650 g/mol. The van der Waals surface area contributed by atoms with Crippen LogP contribution in [0.5, 0.6) is 0 Å². The van der Waals surface area contributed by atoms with Crippen molar-refractivity contribution in [3.8, 4) is 0 Å². The Hall–Kier alpha value is -5.20. The first-order valence-corrected chi connectivity index (χ1v) is 40.6. The summed E-state index contributed by atoms with van der Waals surface area (Å²) < 4.78 is 43.8. The zero-order valence-electron chi connectivity index (χ0n) is 65.7. The van der Waals surface area contributed by atoms with E-state index in [1.54, 1.807) is 0 Å². The summed E-state index contributed by atoms with van der Waals surface area (Å²) in [5.74, 6) is -4.74. The molecule has 4 aliphatic rings. The van der Waals surface area contributed by atoms with E-state index in [1.807, 2.05) is 0 Å². The SMILES string of the molecule is CCCCCCNC(=O)CCCC(=O)NC(CCC(=O)NC(CCC(=O)NC(CCC(=O)NCCCCCCO[C@H]1O[C@H](CO)[C@@H](O)[C@H](O)[C@@H]1O)C(=O)NCCCCCCO[C@H]1O[C@H](CO)[C@@H](O)[C@H](O)[C@@H]1O)C(=O)NCCCCCCO[C@H]1O[C@H](CO)[C@@H](O)[C@H](O)[C@@H]1O)C(=O)NCCCCCCO[C@H]1O[C@H](CO)[C@@H](O)[C@H](O)[C@@H]1O. The second kappa shape index (κ2) is 57.8. The van der Waals surface area contributed by atoms with E-state index in [-0.39, 0.29) is 103 Å². The number of rotatable bonds is 60. The van der Waals surface area contributed by atoms with Gasteiger partial charge in [0, 0.05) is 91.3 Å². The quantitative estimate of drug-likeness (QED) is 0.0252. The molecule has 4 saturated heterocycles. The van der Waals surface area contributed by atoms with Gasteiger partial charge >= 0.3 is 0 Å². The third kappa shape index (κ3) is 37.4. The molecule has 662 valence electrons. The van der Waals surface area contributed by atoms with Crippen molar-refractivity contribution in [1.29, 1.82) is 0 Å². The highest BCUT2D eigenvalue weighted by atomic mass is 16.7. The van der Waals surface area contributed by atoms with Gasteiger partial charge in [-0.2, -0.15) is 0 Å². The van der Waals surface area contributed by atoms with Gasteiger partial charge in [-0.25, -0.2) is 0 Å². The van der Waals surface area contributed by atoms with E-state index in [4.69, 9.17) is 37.9 Å². The van der Waals surface area contributed by atoms with Crippen molar-refractivity contribution in [2.24, 2.45) is 0 Å².